The summed E-state index contributed by atoms with van der Waals surface area (Å²) < 4.78 is 31.0. The van der Waals surface area contributed by atoms with Crippen molar-refractivity contribution in [2.24, 2.45) is 5.92 Å². The van der Waals surface area contributed by atoms with Crippen LogP contribution in [0.15, 0.2) is 17.2 Å². The van der Waals surface area contributed by atoms with Crippen LogP contribution in [-0.4, -0.2) is 48.8 Å². The van der Waals surface area contributed by atoms with Crippen molar-refractivity contribution in [3.63, 3.8) is 0 Å². The van der Waals surface area contributed by atoms with Crippen molar-refractivity contribution >= 4 is 15.7 Å². The average Bonchev–Trinajstić information content (AvgIpc) is 3.28. The van der Waals surface area contributed by atoms with Crippen molar-refractivity contribution in [2.45, 2.75) is 57.0 Å². The molecule has 2 heterocycles. The second-order valence-corrected chi connectivity index (χ2v) is 10.0. The highest BCUT2D eigenvalue weighted by molar-refractivity contribution is 7.91. The molecule has 0 aromatic carbocycles. The molecule has 25 heavy (non-hydrogen) atoms. The van der Waals surface area contributed by atoms with E-state index in [4.69, 9.17) is 4.74 Å². The maximum Gasteiger partial charge on any atom is 0.274 e. The smallest absolute Gasteiger partial charge is 0.274 e. The molecule has 0 atom stereocenters. The number of aromatic nitrogens is 1. The highest BCUT2D eigenvalue weighted by Gasteiger charge is 2.39. The minimum Gasteiger partial charge on any atom is -0.359 e. The summed E-state index contributed by atoms with van der Waals surface area (Å²) in [6.07, 6.45) is 1.96. The predicted octanol–water partition coefficient (Wildman–Crippen LogP) is 2.60. The topological polar surface area (TPSA) is 76.6 Å². The molecule has 1 saturated carbocycles. The van der Waals surface area contributed by atoms with E-state index in [0.717, 1.165) is 18.4 Å². The van der Waals surface area contributed by atoms with Crippen LogP contribution in [0.3, 0.4) is 0 Å². The molecule has 0 spiro atoms. The predicted molar refractivity (Wildman–Crippen MR) is 94.2 cm³/mol. The van der Waals surface area contributed by atoms with Gasteiger partial charge in [0.2, 0.25) is 0 Å². The first kappa shape index (κ1) is 18.3. The van der Waals surface area contributed by atoms with E-state index in [9.17, 15) is 13.2 Å². The first-order chi connectivity index (χ1) is 11.6. The summed E-state index contributed by atoms with van der Waals surface area (Å²) in [4.78, 5) is 18.8. The lowest BCUT2D eigenvalue weighted by Crippen LogP contribution is -2.44. The molecular formula is C18H26N2O4S. The van der Waals surface area contributed by atoms with Crippen LogP contribution in [0.4, 0.5) is 0 Å². The Hall–Kier alpha value is -1.47. The van der Waals surface area contributed by atoms with Crippen LogP contribution in [0.25, 0.3) is 0 Å². The maximum atomic E-state index is 12.8. The van der Waals surface area contributed by atoms with Gasteiger partial charge in [-0.05, 0) is 50.2 Å². The number of carbonyl (C=O) groups is 1. The van der Waals surface area contributed by atoms with E-state index >= 15 is 0 Å². The van der Waals surface area contributed by atoms with Gasteiger partial charge in [0.15, 0.2) is 14.9 Å². The summed E-state index contributed by atoms with van der Waals surface area (Å²) in [7, 11) is -3.52. The minimum absolute atomic E-state index is 0.00382. The fraction of sp³-hybridized carbons (Fsp3) is 0.667. The van der Waals surface area contributed by atoms with Crippen LogP contribution < -0.4 is 0 Å². The quantitative estimate of drug-likeness (QED) is 0.800. The Morgan fingerprint density at radius 2 is 2.04 bits per heavy atom. The number of amides is 1. The summed E-state index contributed by atoms with van der Waals surface area (Å²) in [5.41, 5.74) is 0.504. The lowest BCUT2D eigenvalue weighted by Gasteiger charge is -2.28. The standard InChI is InChI=1S/C18H26N2O4S/c1-12(2)9-25(22,23)16-14(13-5-6-13)7-8-15(19-16)17(21)20-11-24-10-18(20,3)4/h7-8,12-13H,5-6,9-11H2,1-4H3. The largest absolute Gasteiger partial charge is 0.359 e. The van der Waals surface area contributed by atoms with Crippen molar-refractivity contribution in [2.75, 3.05) is 19.1 Å². The lowest BCUT2D eigenvalue weighted by molar-refractivity contribution is 0.0598. The molecule has 1 amide bonds. The number of ether oxygens (including phenoxy) is 1. The van der Waals surface area contributed by atoms with E-state index in [2.05, 4.69) is 4.98 Å². The third-order valence-corrected chi connectivity index (χ3v) is 6.65. The molecule has 3 rings (SSSR count). The van der Waals surface area contributed by atoms with E-state index in [-0.39, 0.29) is 40.9 Å². The zero-order valence-corrected chi connectivity index (χ0v) is 16.1. The number of carbonyl (C=O) groups excluding carboxylic acids is 1. The van der Waals surface area contributed by atoms with Gasteiger partial charge < -0.3 is 9.64 Å². The van der Waals surface area contributed by atoms with Gasteiger partial charge >= 0.3 is 0 Å². The highest BCUT2D eigenvalue weighted by Crippen LogP contribution is 2.42. The summed E-state index contributed by atoms with van der Waals surface area (Å²) in [6.45, 7) is 8.24. The molecule has 1 aliphatic heterocycles. The third kappa shape index (κ3) is 3.72. The minimum atomic E-state index is -3.52. The third-order valence-electron chi connectivity index (χ3n) is 4.62. The van der Waals surface area contributed by atoms with E-state index in [0.29, 0.717) is 6.61 Å². The Bertz CT molecular complexity index is 782. The molecule has 7 heteroatoms. The van der Waals surface area contributed by atoms with Crippen LogP contribution in [0.2, 0.25) is 0 Å². The van der Waals surface area contributed by atoms with Gasteiger partial charge in [-0.15, -0.1) is 0 Å². The summed E-state index contributed by atoms with van der Waals surface area (Å²) in [6, 6.07) is 3.42. The van der Waals surface area contributed by atoms with E-state index in [1.807, 2.05) is 27.7 Å². The first-order valence-electron chi connectivity index (χ1n) is 8.75. The maximum absolute atomic E-state index is 12.8. The molecule has 0 bridgehead atoms. The van der Waals surface area contributed by atoms with Gasteiger partial charge in [-0.2, -0.15) is 0 Å². The number of sulfone groups is 1. The zero-order valence-electron chi connectivity index (χ0n) is 15.3. The van der Waals surface area contributed by atoms with Gasteiger partial charge in [0, 0.05) is 0 Å². The zero-order chi connectivity index (χ0) is 18.4. The van der Waals surface area contributed by atoms with Crippen molar-refractivity contribution in [1.29, 1.82) is 0 Å². The van der Waals surface area contributed by atoms with E-state index in [1.54, 1.807) is 17.0 Å². The number of rotatable bonds is 5. The second-order valence-electron chi connectivity index (χ2n) is 8.06. The molecular weight excluding hydrogens is 340 g/mol. The molecule has 2 aliphatic rings. The molecule has 1 aromatic rings. The van der Waals surface area contributed by atoms with Gasteiger partial charge in [0.25, 0.3) is 5.91 Å². The average molecular weight is 366 g/mol. The number of pyridine rings is 1. The monoisotopic (exact) mass is 366 g/mol. The van der Waals surface area contributed by atoms with Gasteiger partial charge in [0.05, 0.1) is 17.9 Å². The molecule has 138 valence electrons. The highest BCUT2D eigenvalue weighted by atomic mass is 32.2. The Balaban J connectivity index is 2.00. The number of hydrogen-bond donors (Lipinski definition) is 0. The van der Waals surface area contributed by atoms with Gasteiger partial charge in [-0.1, -0.05) is 19.9 Å². The van der Waals surface area contributed by atoms with Gasteiger partial charge in [0.1, 0.15) is 12.4 Å². The van der Waals surface area contributed by atoms with Crippen LogP contribution in [0, 0.1) is 5.92 Å². The number of nitrogens with zero attached hydrogens (tertiary/aromatic N) is 2. The fourth-order valence-corrected chi connectivity index (χ4v) is 5.02. The van der Waals surface area contributed by atoms with Crippen LogP contribution in [0.1, 0.15) is 62.5 Å². The molecule has 0 radical (unpaired) electrons. The normalized spacial score (nSPS) is 20.3. The Kier molecular flexibility index (Phi) is 4.66. The van der Waals surface area contributed by atoms with Crippen molar-refractivity contribution < 1.29 is 17.9 Å². The summed E-state index contributed by atoms with van der Waals surface area (Å²) in [5, 5.41) is 0.0903. The number of hydrogen-bond acceptors (Lipinski definition) is 5. The van der Waals surface area contributed by atoms with Gasteiger partial charge in [-0.25, -0.2) is 13.4 Å². The SMILES string of the molecule is CC(C)CS(=O)(=O)c1nc(C(=O)N2COCC2(C)C)ccc1C1CC1. The molecule has 1 aliphatic carbocycles. The van der Waals surface area contributed by atoms with E-state index < -0.39 is 15.4 Å². The molecule has 6 nitrogen and oxygen atoms in total. The van der Waals surface area contributed by atoms with Crippen LogP contribution in [0.5, 0.6) is 0 Å². The fourth-order valence-electron chi connectivity index (χ4n) is 3.15. The van der Waals surface area contributed by atoms with Crippen LogP contribution in [-0.2, 0) is 14.6 Å². The molecule has 0 N–H and O–H groups in total. The van der Waals surface area contributed by atoms with E-state index in [1.165, 1.54) is 0 Å². The lowest BCUT2D eigenvalue weighted by atomic mass is 10.1. The van der Waals surface area contributed by atoms with Crippen molar-refractivity contribution in [3.05, 3.63) is 23.4 Å². The Morgan fingerprint density at radius 1 is 1.36 bits per heavy atom. The Labute approximate surface area is 149 Å². The van der Waals surface area contributed by atoms with Crippen molar-refractivity contribution in [1.82, 2.24) is 9.88 Å². The molecule has 1 aromatic heterocycles. The summed E-state index contributed by atoms with van der Waals surface area (Å²) >= 11 is 0. The molecule has 1 saturated heterocycles. The molecule has 2 fully saturated rings. The van der Waals surface area contributed by atoms with Gasteiger partial charge in [-0.3, -0.25) is 4.79 Å². The van der Waals surface area contributed by atoms with Crippen molar-refractivity contribution in [3.8, 4) is 0 Å². The summed E-state index contributed by atoms with van der Waals surface area (Å²) in [5.74, 6) is 0.00509. The molecule has 0 unspecified atom stereocenters. The Morgan fingerprint density at radius 3 is 2.56 bits per heavy atom. The first-order valence-corrected chi connectivity index (χ1v) is 10.4. The second kappa shape index (κ2) is 6.36. The van der Waals surface area contributed by atoms with Crippen LogP contribution >= 0.6 is 0 Å².